The summed E-state index contributed by atoms with van der Waals surface area (Å²) in [5.74, 6) is 0.522. The fourth-order valence-electron chi connectivity index (χ4n) is 2.00. The van der Waals surface area contributed by atoms with Crippen molar-refractivity contribution in [3.8, 4) is 0 Å². The molecule has 0 aliphatic rings. The normalized spacial score (nSPS) is 12.3. The van der Waals surface area contributed by atoms with Crippen molar-refractivity contribution in [3.63, 3.8) is 0 Å². The number of carbonyl (C=O) groups is 1. The third kappa shape index (κ3) is 3.49. The third-order valence-corrected chi connectivity index (χ3v) is 3.31. The first kappa shape index (κ1) is 14.6. The summed E-state index contributed by atoms with van der Waals surface area (Å²) in [6.45, 7) is 8.65. The van der Waals surface area contributed by atoms with Crippen molar-refractivity contribution < 1.29 is 4.79 Å². The quantitative estimate of drug-likeness (QED) is 0.840. The molecule has 18 heavy (non-hydrogen) atoms. The first-order valence-electron chi connectivity index (χ1n) is 6.58. The molecule has 1 unspecified atom stereocenters. The monoisotopic (exact) mass is 248 g/mol. The molecule has 100 valence electrons. The molecule has 1 aromatic carbocycles. The average Bonchev–Trinajstić information content (AvgIpc) is 2.36. The number of hydrogen-bond acceptors (Lipinski definition) is 2. The lowest BCUT2D eigenvalue weighted by molar-refractivity contribution is 0.0963. The van der Waals surface area contributed by atoms with Gasteiger partial charge in [0.1, 0.15) is 0 Å². The fraction of sp³-hybridized carbons (Fsp3) is 0.533. The molecule has 1 amide bonds. The van der Waals surface area contributed by atoms with Crippen LogP contribution in [0.25, 0.3) is 0 Å². The van der Waals surface area contributed by atoms with E-state index in [9.17, 15) is 4.79 Å². The van der Waals surface area contributed by atoms with Crippen molar-refractivity contribution in [2.45, 2.75) is 40.2 Å². The Kier molecular flexibility index (Phi) is 5.20. The van der Waals surface area contributed by atoms with Gasteiger partial charge in [-0.15, -0.1) is 0 Å². The maximum atomic E-state index is 11.6. The number of rotatable bonds is 5. The van der Waals surface area contributed by atoms with Crippen LogP contribution in [0.15, 0.2) is 18.2 Å². The van der Waals surface area contributed by atoms with E-state index >= 15 is 0 Å². The molecule has 0 aliphatic carbocycles. The number of aryl methyl sites for hydroxylation is 1. The molecule has 0 heterocycles. The molecule has 0 saturated carbocycles. The zero-order chi connectivity index (χ0) is 13.7. The van der Waals surface area contributed by atoms with Gasteiger partial charge in [-0.05, 0) is 37.0 Å². The van der Waals surface area contributed by atoms with E-state index in [1.165, 1.54) is 5.56 Å². The SMILES string of the molecule is CCC(Nc1cc(C(=O)NC)ccc1C)C(C)C. The largest absolute Gasteiger partial charge is 0.382 e. The topological polar surface area (TPSA) is 41.1 Å². The lowest BCUT2D eigenvalue weighted by Gasteiger charge is -2.23. The van der Waals surface area contributed by atoms with E-state index in [4.69, 9.17) is 0 Å². The van der Waals surface area contributed by atoms with Gasteiger partial charge in [0.2, 0.25) is 0 Å². The van der Waals surface area contributed by atoms with Crippen LogP contribution in [-0.4, -0.2) is 19.0 Å². The number of carbonyl (C=O) groups excluding carboxylic acids is 1. The van der Waals surface area contributed by atoms with Gasteiger partial charge in [0.25, 0.3) is 5.91 Å². The van der Waals surface area contributed by atoms with E-state index in [0.717, 1.165) is 12.1 Å². The van der Waals surface area contributed by atoms with Crippen molar-refractivity contribution in [1.29, 1.82) is 0 Å². The highest BCUT2D eigenvalue weighted by Crippen LogP contribution is 2.21. The Morgan fingerprint density at radius 3 is 2.50 bits per heavy atom. The summed E-state index contributed by atoms with van der Waals surface area (Å²) in [7, 11) is 1.65. The minimum absolute atomic E-state index is 0.0457. The Bertz CT molecular complexity index is 413. The summed E-state index contributed by atoms with van der Waals surface area (Å²) in [5.41, 5.74) is 2.92. The van der Waals surface area contributed by atoms with Crippen LogP contribution in [0.2, 0.25) is 0 Å². The molecule has 3 heteroatoms. The number of anilines is 1. The highest BCUT2D eigenvalue weighted by molar-refractivity contribution is 5.95. The van der Waals surface area contributed by atoms with Crippen LogP contribution in [0.1, 0.15) is 43.1 Å². The van der Waals surface area contributed by atoms with Crippen molar-refractivity contribution in [2.24, 2.45) is 5.92 Å². The minimum atomic E-state index is -0.0457. The van der Waals surface area contributed by atoms with Crippen molar-refractivity contribution in [3.05, 3.63) is 29.3 Å². The van der Waals surface area contributed by atoms with Crippen LogP contribution >= 0.6 is 0 Å². The molecule has 1 rings (SSSR count). The van der Waals surface area contributed by atoms with Crippen LogP contribution in [0.3, 0.4) is 0 Å². The van der Waals surface area contributed by atoms with Crippen molar-refractivity contribution >= 4 is 11.6 Å². The predicted molar refractivity (Wildman–Crippen MR) is 77.1 cm³/mol. The molecular formula is C15H24N2O. The minimum Gasteiger partial charge on any atom is -0.382 e. The summed E-state index contributed by atoms with van der Waals surface area (Å²) in [5, 5.41) is 6.19. The predicted octanol–water partition coefficient (Wildman–Crippen LogP) is 3.20. The second-order valence-electron chi connectivity index (χ2n) is 5.01. The summed E-state index contributed by atoms with van der Waals surface area (Å²) >= 11 is 0. The van der Waals surface area contributed by atoms with E-state index in [1.807, 2.05) is 18.2 Å². The van der Waals surface area contributed by atoms with Crippen LogP contribution in [0.5, 0.6) is 0 Å². The first-order valence-corrected chi connectivity index (χ1v) is 6.58. The molecule has 3 nitrogen and oxygen atoms in total. The van der Waals surface area contributed by atoms with E-state index in [1.54, 1.807) is 7.05 Å². The van der Waals surface area contributed by atoms with Crippen LogP contribution in [0.4, 0.5) is 5.69 Å². The van der Waals surface area contributed by atoms with E-state index in [-0.39, 0.29) is 5.91 Å². The van der Waals surface area contributed by atoms with Gasteiger partial charge in [-0.2, -0.15) is 0 Å². The second-order valence-corrected chi connectivity index (χ2v) is 5.01. The van der Waals surface area contributed by atoms with E-state index < -0.39 is 0 Å². The standard InChI is InChI=1S/C15H24N2O/c1-6-13(10(2)3)17-14-9-12(15(18)16-5)8-7-11(14)4/h7-10,13,17H,6H2,1-5H3,(H,16,18). The zero-order valence-corrected chi connectivity index (χ0v) is 12.0. The zero-order valence-electron chi connectivity index (χ0n) is 12.0. The molecule has 1 atom stereocenters. The number of hydrogen-bond donors (Lipinski definition) is 2. The lowest BCUT2D eigenvalue weighted by atomic mass is 10.0. The van der Waals surface area contributed by atoms with Crippen molar-refractivity contribution in [2.75, 3.05) is 12.4 Å². The van der Waals surface area contributed by atoms with Gasteiger partial charge in [0.15, 0.2) is 0 Å². The van der Waals surface area contributed by atoms with Gasteiger partial charge in [0.05, 0.1) is 0 Å². The Hall–Kier alpha value is -1.51. The molecule has 0 aromatic heterocycles. The highest BCUT2D eigenvalue weighted by atomic mass is 16.1. The molecule has 0 fully saturated rings. The lowest BCUT2D eigenvalue weighted by Crippen LogP contribution is -2.25. The maximum absolute atomic E-state index is 11.6. The number of amides is 1. The summed E-state index contributed by atoms with van der Waals surface area (Å²) in [6, 6.07) is 6.21. The van der Waals surface area contributed by atoms with Crippen molar-refractivity contribution in [1.82, 2.24) is 5.32 Å². The fourth-order valence-corrected chi connectivity index (χ4v) is 2.00. The highest BCUT2D eigenvalue weighted by Gasteiger charge is 2.13. The van der Waals surface area contributed by atoms with Gasteiger partial charge in [0, 0.05) is 24.3 Å². The first-order chi connectivity index (χ1) is 8.49. The van der Waals surface area contributed by atoms with Gasteiger partial charge in [-0.3, -0.25) is 4.79 Å². The third-order valence-electron chi connectivity index (χ3n) is 3.31. The number of benzene rings is 1. The molecular weight excluding hydrogens is 224 g/mol. The number of nitrogens with one attached hydrogen (secondary N) is 2. The molecule has 1 aromatic rings. The van der Waals surface area contributed by atoms with E-state index in [2.05, 4.69) is 38.3 Å². The average molecular weight is 248 g/mol. The van der Waals surface area contributed by atoms with E-state index in [0.29, 0.717) is 17.5 Å². The van der Waals surface area contributed by atoms with Gasteiger partial charge in [-0.25, -0.2) is 0 Å². The molecule has 0 aliphatic heterocycles. The molecule has 0 spiro atoms. The molecule has 0 saturated heterocycles. The Morgan fingerprint density at radius 2 is 2.00 bits per heavy atom. The smallest absolute Gasteiger partial charge is 0.251 e. The Balaban J connectivity index is 2.97. The summed E-state index contributed by atoms with van der Waals surface area (Å²) in [6.07, 6.45) is 1.07. The Labute approximate surface area is 110 Å². The second kappa shape index (κ2) is 6.43. The van der Waals surface area contributed by atoms with Gasteiger partial charge in [-0.1, -0.05) is 26.8 Å². The maximum Gasteiger partial charge on any atom is 0.251 e. The molecule has 0 radical (unpaired) electrons. The summed E-state index contributed by atoms with van der Waals surface area (Å²) < 4.78 is 0. The van der Waals surface area contributed by atoms with Crippen LogP contribution < -0.4 is 10.6 Å². The molecule has 0 bridgehead atoms. The van der Waals surface area contributed by atoms with Crippen LogP contribution in [0, 0.1) is 12.8 Å². The van der Waals surface area contributed by atoms with Gasteiger partial charge < -0.3 is 10.6 Å². The summed E-state index contributed by atoms with van der Waals surface area (Å²) in [4.78, 5) is 11.6. The van der Waals surface area contributed by atoms with Crippen LogP contribution in [-0.2, 0) is 0 Å². The molecule has 2 N–H and O–H groups in total. The Morgan fingerprint density at radius 1 is 1.33 bits per heavy atom. The van der Waals surface area contributed by atoms with Gasteiger partial charge >= 0.3 is 0 Å².